The van der Waals surface area contributed by atoms with Crippen LogP contribution >= 0.6 is 27.3 Å². The Hall–Kier alpha value is 0.100. The first-order valence-electron chi connectivity index (χ1n) is 5.13. The van der Waals surface area contributed by atoms with Crippen molar-refractivity contribution in [1.29, 1.82) is 0 Å². The van der Waals surface area contributed by atoms with Crippen LogP contribution in [0.15, 0.2) is 15.2 Å². The summed E-state index contributed by atoms with van der Waals surface area (Å²) in [5, 5.41) is 14.7. The molecular weight excluding hydrogens is 276 g/mol. The van der Waals surface area contributed by atoms with Crippen LogP contribution in [-0.2, 0) is 10.3 Å². The van der Waals surface area contributed by atoms with Gasteiger partial charge in [-0.3, -0.25) is 0 Å². The van der Waals surface area contributed by atoms with E-state index in [0.29, 0.717) is 6.42 Å². The molecule has 1 aromatic rings. The molecule has 0 spiro atoms. The number of hydrogen-bond donors (Lipinski definition) is 1. The summed E-state index contributed by atoms with van der Waals surface area (Å²) in [6.45, 7) is 0. The lowest BCUT2D eigenvalue weighted by Crippen LogP contribution is -2.35. The predicted molar refractivity (Wildman–Crippen MR) is 65.2 cm³/mol. The van der Waals surface area contributed by atoms with E-state index < -0.39 is 5.60 Å². The molecule has 1 fully saturated rings. The van der Waals surface area contributed by atoms with Gasteiger partial charge in [-0.05, 0) is 40.6 Å². The molecule has 2 rings (SSSR count). The van der Waals surface area contributed by atoms with Crippen molar-refractivity contribution in [3.8, 4) is 0 Å². The van der Waals surface area contributed by atoms with Crippen molar-refractivity contribution in [2.45, 2.75) is 37.4 Å². The fourth-order valence-electron chi connectivity index (χ4n) is 2.26. The normalized spacial score (nSPS) is 31.8. The van der Waals surface area contributed by atoms with Crippen LogP contribution in [0.3, 0.4) is 0 Å². The second-order valence-electron chi connectivity index (χ2n) is 4.12. The summed E-state index contributed by atoms with van der Waals surface area (Å²) in [5.74, 6) is 0. The van der Waals surface area contributed by atoms with Gasteiger partial charge in [-0.2, -0.15) is 11.3 Å². The van der Waals surface area contributed by atoms with Gasteiger partial charge >= 0.3 is 0 Å². The van der Waals surface area contributed by atoms with Gasteiger partial charge in [0.2, 0.25) is 0 Å². The number of ether oxygens (including phenoxy) is 1. The van der Waals surface area contributed by atoms with Crippen LogP contribution in [0.5, 0.6) is 0 Å². The third-order valence-corrected chi connectivity index (χ3v) is 4.83. The number of thiophene rings is 1. The maximum atomic E-state index is 10.6. The minimum absolute atomic E-state index is 0.190. The Morgan fingerprint density at radius 1 is 1.60 bits per heavy atom. The maximum absolute atomic E-state index is 10.6. The third-order valence-electron chi connectivity index (χ3n) is 3.13. The lowest BCUT2D eigenvalue weighted by atomic mass is 9.79. The zero-order valence-electron chi connectivity index (χ0n) is 8.70. The molecule has 15 heavy (non-hydrogen) atoms. The van der Waals surface area contributed by atoms with Crippen molar-refractivity contribution in [1.82, 2.24) is 0 Å². The van der Waals surface area contributed by atoms with E-state index in [1.54, 1.807) is 18.4 Å². The number of methoxy groups -OCH3 is 1. The Kier molecular flexibility index (Phi) is 3.50. The molecular formula is C11H15BrO2S. The molecule has 0 bridgehead atoms. The molecule has 1 aliphatic rings. The summed E-state index contributed by atoms with van der Waals surface area (Å²) in [6.07, 6.45) is 3.81. The summed E-state index contributed by atoms with van der Waals surface area (Å²) in [7, 11) is 1.72. The van der Waals surface area contributed by atoms with Crippen LogP contribution in [0, 0.1) is 0 Å². The summed E-state index contributed by atoms with van der Waals surface area (Å²) in [5.41, 5.74) is 0.326. The summed E-state index contributed by atoms with van der Waals surface area (Å²) in [6, 6.07) is 0. The van der Waals surface area contributed by atoms with E-state index >= 15 is 0 Å². The Morgan fingerprint density at radius 2 is 2.40 bits per heavy atom. The van der Waals surface area contributed by atoms with Crippen molar-refractivity contribution < 1.29 is 9.84 Å². The van der Waals surface area contributed by atoms with Gasteiger partial charge in [0.05, 0.1) is 11.7 Å². The first kappa shape index (κ1) is 11.6. The topological polar surface area (TPSA) is 29.5 Å². The number of hydrogen-bond acceptors (Lipinski definition) is 3. The molecule has 1 N–H and O–H groups in total. The molecule has 4 heteroatoms. The standard InChI is InChI=1S/C11H15BrO2S/c1-14-8-3-2-4-11(13,5-8)9-6-15-7-10(9)12/h6-8,13H,2-5H2,1H3. The van der Waals surface area contributed by atoms with E-state index in [-0.39, 0.29) is 6.10 Å². The van der Waals surface area contributed by atoms with Gasteiger partial charge in [-0.15, -0.1) is 0 Å². The van der Waals surface area contributed by atoms with Crippen LogP contribution in [-0.4, -0.2) is 18.3 Å². The van der Waals surface area contributed by atoms with Crippen LogP contribution < -0.4 is 0 Å². The quantitative estimate of drug-likeness (QED) is 0.906. The lowest BCUT2D eigenvalue weighted by Gasteiger charge is -2.36. The second kappa shape index (κ2) is 4.53. The van der Waals surface area contributed by atoms with Crippen molar-refractivity contribution in [2.75, 3.05) is 7.11 Å². The monoisotopic (exact) mass is 290 g/mol. The van der Waals surface area contributed by atoms with Gasteiger partial charge in [-0.25, -0.2) is 0 Å². The fraction of sp³-hybridized carbons (Fsp3) is 0.636. The molecule has 0 aromatic carbocycles. The van der Waals surface area contributed by atoms with Crippen LogP contribution in [0.25, 0.3) is 0 Å². The zero-order chi connectivity index (χ0) is 10.9. The van der Waals surface area contributed by atoms with E-state index in [4.69, 9.17) is 4.74 Å². The second-order valence-corrected chi connectivity index (χ2v) is 5.72. The molecule has 0 aliphatic heterocycles. The molecule has 2 unspecified atom stereocenters. The first-order chi connectivity index (χ1) is 7.15. The van der Waals surface area contributed by atoms with Gasteiger partial charge in [0.1, 0.15) is 0 Å². The van der Waals surface area contributed by atoms with E-state index in [1.165, 1.54) is 0 Å². The van der Waals surface area contributed by atoms with Gasteiger partial charge in [0.25, 0.3) is 0 Å². The zero-order valence-corrected chi connectivity index (χ0v) is 11.1. The van der Waals surface area contributed by atoms with Crippen LogP contribution in [0.4, 0.5) is 0 Å². The van der Waals surface area contributed by atoms with Crippen molar-refractivity contribution in [3.05, 3.63) is 20.8 Å². The number of aliphatic hydroxyl groups is 1. The van der Waals surface area contributed by atoms with E-state index in [1.807, 2.05) is 10.8 Å². The molecule has 0 saturated heterocycles. The molecule has 1 saturated carbocycles. The number of rotatable bonds is 2. The minimum atomic E-state index is -0.697. The summed E-state index contributed by atoms with van der Waals surface area (Å²) in [4.78, 5) is 0. The highest BCUT2D eigenvalue weighted by molar-refractivity contribution is 9.10. The first-order valence-corrected chi connectivity index (χ1v) is 6.86. The lowest BCUT2D eigenvalue weighted by molar-refractivity contribution is -0.0633. The highest BCUT2D eigenvalue weighted by Crippen LogP contribution is 2.42. The van der Waals surface area contributed by atoms with Crippen molar-refractivity contribution in [2.24, 2.45) is 0 Å². The molecule has 1 aromatic heterocycles. The largest absolute Gasteiger partial charge is 0.385 e. The summed E-state index contributed by atoms with van der Waals surface area (Å²) >= 11 is 5.11. The van der Waals surface area contributed by atoms with Crippen molar-refractivity contribution >= 4 is 27.3 Å². The fourth-order valence-corrected chi connectivity index (χ4v) is 4.02. The molecule has 1 aliphatic carbocycles. The van der Waals surface area contributed by atoms with E-state index in [2.05, 4.69) is 15.9 Å². The van der Waals surface area contributed by atoms with E-state index in [9.17, 15) is 5.11 Å². The van der Waals surface area contributed by atoms with E-state index in [0.717, 1.165) is 29.3 Å². The molecule has 1 heterocycles. The average molecular weight is 291 g/mol. The molecule has 0 radical (unpaired) electrons. The van der Waals surface area contributed by atoms with Gasteiger partial charge in [-0.1, -0.05) is 0 Å². The third kappa shape index (κ3) is 2.28. The average Bonchev–Trinajstić information content (AvgIpc) is 2.65. The van der Waals surface area contributed by atoms with Gasteiger partial charge in [0.15, 0.2) is 0 Å². The highest BCUT2D eigenvalue weighted by atomic mass is 79.9. The molecule has 0 amide bonds. The Labute approximate surface area is 102 Å². The Bertz CT molecular complexity index is 339. The van der Waals surface area contributed by atoms with Gasteiger partial charge in [0, 0.05) is 28.9 Å². The SMILES string of the molecule is COC1CCCC(O)(c2cscc2Br)C1. The maximum Gasteiger partial charge on any atom is 0.0940 e. The minimum Gasteiger partial charge on any atom is -0.385 e. The van der Waals surface area contributed by atoms with Crippen LogP contribution in [0.2, 0.25) is 0 Å². The molecule has 2 nitrogen and oxygen atoms in total. The highest BCUT2D eigenvalue weighted by Gasteiger charge is 2.37. The molecule has 84 valence electrons. The number of halogens is 1. The smallest absolute Gasteiger partial charge is 0.0940 e. The Balaban J connectivity index is 2.22. The van der Waals surface area contributed by atoms with Gasteiger partial charge < -0.3 is 9.84 Å². The summed E-state index contributed by atoms with van der Waals surface area (Å²) < 4.78 is 6.37. The predicted octanol–water partition coefficient (Wildman–Crippen LogP) is 3.29. The van der Waals surface area contributed by atoms with Crippen molar-refractivity contribution in [3.63, 3.8) is 0 Å². The Morgan fingerprint density at radius 3 is 3.00 bits per heavy atom. The molecule has 2 atom stereocenters. The van der Waals surface area contributed by atoms with Crippen LogP contribution in [0.1, 0.15) is 31.2 Å².